The largest absolute Gasteiger partial charge is 0.453 e. The second kappa shape index (κ2) is 4.06. The Morgan fingerprint density at radius 2 is 2.18 bits per heavy atom. The van der Waals surface area contributed by atoms with Gasteiger partial charge in [-0.15, -0.1) is 0 Å². The van der Waals surface area contributed by atoms with Gasteiger partial charge >= 0.3 is 6.18 Å². The highest BCUT2D eigenvalue weighted by molar-refractivity contribution is 6.31. The molecule has 92 valence electrons. The van der Waals surface area contributed by atoms with Crippen molar-refractivity contribution in [3.8, 4) is 0 Å². The van der Waals surface area contributed by atoms with E-state index in [0.29, 0.717) is 4.73 Å². The minimum absolute atomic E-state index is 0.0600. The smallest absolute Gasteiger partial charge is 0.412 e. The first-order valence-electron chi connectivity index (χ1n) is 4.68. The average molecular weight is 266 g/mol. The van der Waals surface area contributed by atoms with Gasteiger partial charge < -0.3 is 4.84 Å². The SMILES string of the molecule is CCOn1c(C(F)(F)F)nc2ncc(Cl)cc21. The normalized spacial score (nSPS) is 12.1. The summed E-state index contributed by atoms with van der Waals surface area (Å²) in [6.07, 6.45) is -3.38. The van der Waals surface area contributed by atoms with E-state index in [1.54, 1.807) is 6.92 Å². The molecule has 0 N–H and O–H groups in total. The molecule has 0 fully saturated rings. The Labute approximate surface area is 98.9 Å². The van der Waals surface area contributed by atoms with Crippen molar-refractivity contribution < 1.29 is 18.0 Å². The summed E-state index contributed by atoms with van der Waals surface area (Å²) in [5.41, 5.74) is 0.0295. The Morgan fingerprint density at radius 1 is 1.47 bits per heavy atom. The van der Waals surface area contributed by atoms with Crippen molar-refractivity contribution in [2.75, 3.05) is 6.61 Å². The van der Waals surface area contributed by atoms with Crippen molar-refractivity contribution in [3.63, 3.8) is 0 Å². The number of nitrogens with zero attached hydrogens (tertiary/aromatic N) is 3. The third kappa shape index (κ3) is 2.14. The monoisotopic (exact) mass is 265 g/mol. The maximum atomic E-state index is 12.7. The molecular weight excluding hydrogens is 259 g/mol. The zero-order valence-electron chi connectivity index (χ0n) is 8.62. The van der Waals surface area contributed by atoms with E-state index < -0.39 is 12.0 Å². The fraction of sp³-hybridized carbons (Fsp3) is 0.333. The molecule has 2 aromatic rings. The number of hydrogen-bond donors (Lipinski definition) is 0. The number of halogens is 4. The highest BCUT2D eigenvalue weighted by atomic mass is 35.5. The summed E-state index contributed by atoms with van der Waals surface area (Å²) < 4.78 is 38.7. The van der Waals surface area contributed by atoms with Crippen molar-refractivity contribution in [2.45, 2.75) is 13.1 Å². The minimum atomic E-state index is -4.61. The van der Waals surface area contributed by atoms with Crippen LogP contribution in [-0.2, 0) is 6.18 Å². The molecule has 0 aliphatic rings. The standard InChI is InChI=1S/C9H7ClF3N3O/c1-2-17-16-6-3-5(10)4-14-7(6)15-8(16)9(11,12)13/h3-4H,2H2,1H3. The molecule has 0 aliphatic heterocycles. The summed E-state index contributed by atoms with van der Waals surface area (Å²) in [5, 5.41) is 0.215. The van der Waals surface area contributed by atoms with Crippen LogP contribution in [-0.4, -0.2) is 21.3 Å². The van der Waals surface area contributed by atoms with Gasteiger partial charge in [0.1, 0.15) is 12.1 Å². The van der Waals surface area contributed by atoms with Crippen molar-refractivity contribution in [2.24, 2.45) is 0 Å². The number of fused-ring (bicyclic) bond motifs is 1. The van der Waals surface area contributed by atoms with Gasteiger partial charge in [0.2, 0.25) is 0 Å². The molecule has 0 saturated heterocycles. The van der Waals surface area contributed by atoms with Gasteiger partial charge in [0, 0.05) is 6.20 Å². The highest BCUT2D eigenvalue weighted by Gasteiger charge is 2.39. The van der Waals surface area contributed by atoms with E-state index in [2.05, 4.69) is 9.97 Å². The number of rotatable bonds is 2. The van der Waals surface area contributed by atoms with Gasteiger partial charge in [-0.05, 0) is 13.0 Å². The van der Waals surface area contributed by atoms with Gasteiger partial charge in [-0.2, -0.15) is 17.9 Å². The Morgan fingerprint density at radius 3 is 2.76 bits per heavy atom. The van der Waals surface area contributed by atoms with Gasteiger partial charge in [-0.1, -0.05) is 11.6 Å². The topological polar surface area (TPSA) is 39.9 Å². The van der Waals surface area contributed by atoms with E-state index in [0.717, 1.165) is 0 Å². The van der Waals surface area contributed by atoms with E-state index >= 15 is 0 Å². The van der Waals surface area contributed by atoms with E-state index in [-0.39, 0.29) is 22.8 Å². The maximum Gasteiger partial charge on any atom is 0.453 e. The fourth-order valence-electron chi connectivity index (χ4n) is 1.36. The van der Waals surface area contributed by atoms with Crippen LogP contribution in [0.25, 0.3) is 11.2 Å². The Kier molecular flexibility index (Phi) is 2.86. The van der Waals surface area contributed by atoms with Crippen molar-refractivity contribution in [3.05, 3.63) is 23.1 Å². The second-order valence-corrected chi connectivity index (χ2v) is 3.58. The predicted octanol–water partition coefficient (Wildman–Crippen LogP) is 2.55. The molecule has 2 rings (SSSR count). The number of hydrogen-bond acceptors (Lipinski definition) is 3. The number of aromatic nitrogens is 3. The zero-order valence-corrected chi connectivity index (χ0v) is 9.38. The zero-order chi connectivity index (χ0) is 12.6. The average Bonchev–Trinajstić information content (AvgIpc) is 2.57. The molecule has 0 amide bonds. The first-order chi connectivity index (χ1) is 7.93. The third-order valence-corrected chi connectivity index (χ3v) is 2.16. The van der Waals surface area contributed by atoms with Gasteiger partial charge in [-0.25, -0.2) is 9.97 Å². The van der Waals surface area contributed by atoms with Crippen LogP contribution in [0.4, 0.5) is 13.2 Å². The summed E-state index contributed by atoms with van der Waals surface area (Å²) in [4.78, 5) is 12.0. The Hall–Kier alpha value is -1.50. The fourth-order valence-corrected chi connectivity index (χ4v) is 1.51. The first-order valence-corrected chi connectivity index (χ1v) is 5.05. The molecule has 0 bridgehead atoms. The molecule has 2 aromatic heterocycles. The molecule has 0 saturated carbocycles. The van der Waals surface area contributed by atoms with E-state index in [4.69, 9.17) is 16.4 Å². The quantitative estimate of drug-likeness (QED) is 0.838. The van der Waals surface area contributed by atoms with Gasteiger partial charge in [0.15, 0.2) is 5.65 Å². The van der Waals surface area contributed by atoms with Crippen molar-refractivity contribution in [1.29, 1.82) is 0 Å². The summed E-state index contributed by atoms with van der Waals surface area (Å²) in [5.74, 6) is -1.15. The van der Waals surface area contributed by atoms with Crippen LogP contribution in [0.3, 0.4) is 0 Å². The van der Waals surface area contributed by atoms with Gasteiger partial charge in [0.05, 0.1) is 5.02 Å². The van der Waals surface area contributed by atoms with E-state index in [9.17, 15) is 13.2 Å². The summed E-state index contributed by atoms with van der Waals surface area (Å²) in [7, 11) is 0. The lowest BCUT2D eigenvalue weighted by Gasteiger charge is -2.10. The van der Waals surface area contributed by atoms with E-state index in [1.807, 2.05) is 0 Å². The number of imidazole rings is 1. The number of pyridine rings is 1. The van der Waals surface area contributed by atoms with Crippen LogP contribution < -0.4 is 4.84 Å². The van der Waals surface area contributed by atoms with Gasteiger partial charge in [0.25, 0.3) is 5.82 Å². The van der Waals surface area contributed by atoms with E-state index in [1.165, 1.54) is 12.3 Å². The van der Waals surface area contributed by atoms with Crippen molar-refractivity contribution in [1.82, 2.24) is 14.7 Å². The lowest BCUT2D eigenvalue weighted by Crippen LogP contribution is -2.20. The predicted molar refractivity (Wildman–Crippen MR) is 54.7 cm³/mol. The second-order valence-electron chi connectivity index (χ2n) is 3.14. The summed E-state index contributed by atoms with van der Waals surface area (Å²) in [6, 6.07) is 1.32. The molecule has 0 radical (unpaired) electrons. The molecule has 0 aromatic carbocycles. The van der Waals surface area contributed by atoms with Gasteiger partial charge in [-0.3, -0.25) is 0 Å². The first kappa shape index (κ1) is 12.0. The molecule has 0 spiro atoms. The minimum Gasteiger partial charge on any atom is -0.412 e. The van der Waals surface area contributed by atoms with Crippen LogP contribution >= 0.6 is 11.6 Å². The maximum absolute atomic E-state index is 12.7. The molecule has 4 nitrogen and oxygen atoms in total. The molecule has 0 unspecified atom stereocenters. The van der Waals surface area contributed by atoms with Crippen LogP contribution in [0.1, 0.15) is 12.7 Å². The van der Waals surface area contributed by atoms with Crippen LogP contribution in [0.5, 0.6) is 0 Å². The van der Waals surface area contributed by atoms with Crippen molar-refractivity contribution >= 4 is 22.8 Å². The highest BCUT2D eigenvalue weighted by Crippen LogP contribution is 2.30. The Bertz CT molecular complexity index is 552. The lowest BCUT2D eigenvalue weighted by atomic mass is 10.4. The summed E-state index contributed by atoms with van der Waals surface area (Å²) >= 11 is 5.67. The lowest BCUT2D eigenvalue weighted by molar-refractivity contribution is -0.154. The number of alkyl halides is 3. The molecule has 2 heterocycles. The van der Waals surface area contributed by atoms with Crippen LogP contribution in [0.15, 0.2) is 12.3 Å². The molecule has 0 aliphatic carbocycles. The molecule has 17 heavy (non-hydrogen) atoms. The van der Waals surface area contributed by atoms with Crippen LogP contribution in [0.2, 0.25) is 5.02 Å². The third-order valence-electron chi connectivity index (χ3n) is 1.95. The molecule has 8 heteroatoms. The Balaban J connectivity index is 2.71. The van der Waals surface area contributed by atoms with Crippen LogP contribution in [0, 0.1) is 0 Å². The summed E-state index contributed by atoms with van der Waals surface area (Å²) in [6.45, 7) is 1.64. The molecule has 0 atom stereocenters. The molecular formula is C9H7ClF3N3O.